The highest BCUT2D eigenvalue weighted by Crippen LogP contribution is 2.27. The molecule has 0 aliphatic carbocycles. The molecule has 3 heterocycles. The van der Waals surface area contributed by atoms with Crippen LogP contribution >= 0.6 is 0 Å². The summed E-state index contributed by atoms with van der Waals surface area (Å²) in [6.07, 6.45) is 0. The molecule has 12 heteroatoms. The number of methoxy groups -OCH3 is 2. The molecule has 3 aromatic rings. The molecule has 0 atom stereocenters. The average Bonchev–Trinajstić information content (AvgIpc) is 3.23. The molecule has 0 unspecified atom stereocenters. The molecule has 1 fully saturated rings. The normalized spacial score (nSPS) is 14.2. The van der Waals surface area contributed by atoms with E-state index in [0.717, 1.165) is 5.69 Å². The fourth-order valence-corrected chi connectivity index (χ4v) is 4.63. The van der Waals surface area contributed by atoms with Gasteiger partial charge in [0.2, 0.25) is 9.84 Å². The molecular weight excluding hydrogens is 448 g/mol. The second-order valence-corrected chi connectivity index (χ2v) is 9.40. The standard InChI is InChI=1S/C21H26N6O5S/c1-14-8-19(26-25-14)22-18-12-20(27-4-6-32-7-5-27)24-21(23-18)33(28,29)13-15-9-16(30-2)11-17(10-15)31-3/h8-12H,4-7,13H2,1-3H3,(H2,22,23,24,25,26). The minimum absolute atomic E-state index is 0.271. The topological polar surface area (TPSA) is 132 Å². The quantitative estimate of drug-likeness (QED) is 0.468. The number of hydrogen-bond donors (Lipinski definition) is 2. The first-order valence-electron chi connectivity index (χ1n) is 10.3. The zero-order valence-electron chi connectivity index (χ0n) is 18.7. The van der Waals surface area contributed by atoms with E-state index in [1.165, 1.54) is 14.2 Å². The van der Waals surface area contributed by atoms with E-state index in [1.54, 1.807) is 30.3 Å². The summed E-state index contributed by atoms with van der Waals surface area (Å²) in [5.41, 5.74) is 1.30. The van der Waals surface area contributed by atoms with Gasteiger partial charge < -0.3 is 24.4 Å². The van der Waals surface area contributed by atoms with Gasteiger partial charge >= 0.3 is 0 Å². The van der Waals surface area contributed by atoms with Crippen LogP contribution in [0.2, 0.25) is 0 Å². The molecule has 0 bridgehead atoms. The van der Waals surface area contributed by atoms with Gasteiger partial charge in [-0.3, -0.25) is 5.10 Å². The molecule has 0 radical (unpaired) electrons. The van der Waals surface area contributed by atoms with Crippen molar-refractivity contribution in [2.75, 3.05) is 50.7 Å². The smallest absolute Gasteiger partial charge is 0.251 e. The van der Waals surface area contributed by atoms with Crippen molar-refractivity contribution in [3.8, 4) is 11.5 Å². The maximum atomic E-state index is 13.3. The van der Waals surface area contributed by atoms with Crippen molar-refractivity contribution < 1.29 is 22.6 Å². The van der Waals surface area contributed by atoms with E-state index in [0.29, 0.717) is 60.8 Å². The first kappa shape index (κ1) is 22.8. The number of sulfone groups is 1. The number of aromatic nitrogens is 4. The number of aromatic amines is 1. The van der Waals surface area contributed by atoms with Crippen LogP contribution in [0.5, 0.6) is 11.5 Å². The van der Waals surface area contributed by atoms with E-state index < -0.39 is 9.84 Å². The van der Waals surface area contributed by atoms with Crippen molar-refractivity contribution in [2.24, 2.45) is 0 Å². The maximum absolute atomic E-state index is 13.3. The van der Waals surface area contributed by atoms with Crippen LogP contribution in [0.25, 0.3) is 0 Å². The summed E-state index contributed by atoms with van der Waals surface area (Å²) >= 11 is 0. The zero-order chi connectivity index (χ0) is 23.4. The third-order valence-electron chi connectivity index (χ3n) is 5.04. The Labute approximate surface area is 192 Å². The summed E-state index contributed by atoms with van der Waals surface area (Å²) in [5, 5.41) is 9.74. The number of nitrogens with one attached hydrogen (secondary N) is 2. The Morgan fingerprint density at radius 3 is 2.36 bits per heavy atom. The lowest BCUT2D eigenvalue weighted by Gasteiger charge is -2.28. The lowest BCUT2D eigenvalue weighted by Crippen LogP contribution is -2.37. The van der Waals surface area contributed by atoms with Gasteiger partial charge in [-0.15, -0.1) is 0 Å². The second kappa shape index (κ2) is 9.63. The lowest BCUT2D eigenvalue weighted by atomic mass is 10.2. The summed E-state index contributed by atoms with van der Waals surface area (Å²) in [6, 6.07) is 8.50. The van der Waals surface area contributed by atoms with Gasteiger partial charge in [0.15, 0.2) is 0 Å². The Balaban J connectivity index is 1.70. The maximum Gasteiger partial charge on any atom is 0.251 e. The molecule has 1 aromatic carbocycles. The SMILES string of the molecule is COc1cc(CS(=O)(=O)c2nc(Nc3cc(C)n[nH]3)cc(N3CCOCC3)n2)cc(OC)c1. The largest absolute Gasteiger partial charge is 0.497 e. The molecule has 176 valence electrons. The number of aryl methyl sites for hydroxylation is 1. The average molecular weight is 475 g/mol. The van der Waals surface area contributed by atoms with Gasteiger partial charge in [0.25, 0.3) is 5.16 Å². The Morgan fingerprint density at radius 1 is 1.06 bits per heavy atom. The molecule has 2 aromatic heterocycles. The van der Waals surface area contributed by atoms with E-state index in [4.69, 9.17) is 14.2 Å². The van der Waals surface area contributed by atoms with Gasteiger partial charge in [-0.25, -0.2) is 18.4 Å². The van der Waals surface area contributed by atoms with Gasteiger partial charge in [0, 0.05) is 31.3 Å². The van der Waals surface area contributed by atoms with Gasteiger partial charge in [0.05, 0.1) is 38.9 Å². The molecule has 4 rings (SSSR count). The van der Waals surface area contributed by atoms with Crippen molar-refractivity contribution in [1.29, 1.82) is 0 Å². The van der Waals surface area contributed by atoms with Crippen LogP contribution in [0, 0.1) is 6.92 Å². The first-order chi connectivity index (χ1) is 15.9. The van der Waals surface area contributed by atoms with Gasteiger partial charge in [0.1, 0.15) is 29.0 Å². The van der Waals surface area contributed by atoms with Crippen LogP contribution in [0.3, 0.4) is 0 Å². The van der Waals surface area contributed by atoms with Crippen molar-refractivity contribution >= 4 is 27.3 Å². The summed E-state index contributed by atoms with van der Waals surface area (Å²) in [5.74, 6) is 2.14. The molecule has 0 amide bonds. The number of ether oxygens (including phenoxy) is 3. The first-order valence-corrected chi connectivity index (χ1v) is 12.0. The number of H-pyrrole nitrogens is 1. The summed E-state index contributed by atoms with van der Waals surface area (Å²) in [4.78, 5) is 10.7. The van der Waals surface area contributed by atoms with Gasteiger partial charge in [-0.2, -0.15) is 5.10 Å². The molecule has 1 aliphatic rings. The van der Waals surface area contributed by atoms with E-state index in [2.05, 4.69) is 25.5 Å². The highest BCUT2D eigenvalue weighted by molar-refractivity contribution is 7.90. The predicted molar refractivity (Wildman–Crippen MR) is 122 cm³/mol. The van der Waals surface area contributed by atoms with Crippen LogP contribution in [0.1, 0.15) is 11.3 Å². The Bertz CT molecular complexity index is 1200. The number of rotatable bonds is 8. The van der Waals surface area contributed by atoms with Crippen molar-refractivity contribution in [3.63, 3.8) is 0 Å². The second-order valence-electron chi connectivity index (χ2n) is 7.52. The third kappa shape index (κ3) is 5.52. The molecule has 33 heavy (non-hydrogen) atoms. The van der Waals surface area contributed by atoms with Crippen molar-refractivity contribution in [1.82, 2.24) is 20.2 Å². The van der Waals surface area contributed by atoms with Crippen molar-refractivity contribution in [2.45, 2.75) is 17.8 Å². The van der Waals surface area contributed by atoms with Crippen LogP contribution in [0.15, 0.2) is 35.5 Å². The minimum Gasteiger partial charge on any atom is -0.497 e. The summed E-state index contributed by atoms with van der Waals surface area (Å²) in [7, 11) is -0.869. The molecule has 1 aliphatic heterocycles. The van der Waals surface area contributed by atoms with Crippen LogP contribution in [0.4, 0.5) is 17.5 Å². The van der Waals surface area contributed by atoms with Gasteiger partial charge in [-0.1, -0.05) is 0 Å². The number of nitrogens with zero attached hydrogens (tertiary/aromatic N) is 4. The molecule has 11 nitrogen and oxygen atoms in total. The molecule has 1 saturated heterocycles. The van der Waals surface area contributed by atoms with E-state index in [9.17, 15) is 8.42 Å². The molecule has 0 spiro atoms. The van der Waals surface area contributed by atoms with Crippen LogP contribution < -0.4 is 19.7 Å². The fraction of sp³-hybridized carbons (Fsp3) is 0.381. The van der Waals surface area contributed by atoms with E-state index >= 15 is 0 Å². The number of benzene rings is 1. The monoisotopic (exact) mass is 474 g/mol. The molecular formula is C21H26N6O5S. The zero-order valence-corrected chi connectivity index (χ0v) is 19.5. The van der Waals surface area contributed by atoms with Crippen LogP contribution in [-0.4, -0.2) is 69.1 Å². The Kier molecular flexibility index (Phi) is 6.65. The van der Waals surface area contributed by atoms with E-state index in [-0.39, 0.29) is 10.9 Å². The summed E-state index contributed by atoms with van der Waals surface area (Å²) < 4.78 is 42.6. The van der Waals surface area contributed by atoms with Gasteiger partial charge in [-0.05, 0) is 24.6 Å². The van der Waals surface area contributed by atoms with E-state index in [1.807, 2.05) is 11.8 Å². The highest BCUT2D eigenvalue weighted by Gasteiger charge is 2.24. The Morgan fingerprint density at radius 2 is 1.76 bits per heavy atom. The third-order valence-corrected chi connectivity index (χ3v) is 6.49. The number of morpholine rings is 1. The molecule has 2 N–H and O–H groups in total. The minimum atomic E-state index is -3.89. The van der Waals surface area contributed by atoms with Crippen LogP contribution in [-0.2, 0) is 20.3 Å². The Hall–Kier alpha value is -3.38. The predicted octanol–water partition coefficient (Wildman–Crippen LogP) is 2.08. The lowest BCUT2D eigenvalue weighted by molar-refractivity contribution is 0.122. The highest BCUT2D eigenvalue weighted by atomic mass is 32.2. The number of hydrogen-bond acceptors (Lipinski definition) is 10. The summed E-state index contributed by atoms with van der Waals surface area (Å²) in [6.45, 7) is 4.13. The number of anilines is 3. The fourth-order valence-electron chi connectivity index (χ4n) is 3.43. The van der Waals surface area contributed by atoms with Crippen molar-refractivity contribution in [3.05, 3.63) is 41.6 Å². The molecule has 0 saturated carbocycles.